The molecule has 0 aromatic heterocycles. The molecule has 0 fully saturated rings. The van der Waals surface area contributed by atoms with E-state index in [4.69, 9.17) is 11.6 Å². The number of amides is 1. The van der Waals surface area contributed by atoms with E-state index < -0.39 is 11.7 Å². The van der Waals surface area contributed by atoms with Gasteiger partial charge in [0.25, 0.3) is 5.91 Å². The molecule has 2 aromatic carbocycles. The van der Waals surface area contributed by atoms with Gasteiger partial charge in [-0.2, -0.15) is 0 Å². The Bertz CT molecular complexity index is 648. The summed E-state index contributed by atoms with van der Waals surface area (Å²) in [7, 11) is 1.63. The third-order valence-electron chi connectivity index (χ3n) is 2.87. The maximum absolute atomic E-state index is 13.7. The minimum absolute atomic E-state index is 0.0212. The number of halogens is 3. The molecular weight excluding hydrogens is 345 g/mol. The highest BCUT2D eigenvalue weighted by atomic mass is 79.9. The van der Waals surface area contributed by atoms with Crippen LogP contribution in [0.5, 0.6) is 0 Å². The molecule has 0 radical (unpaired) electrons. The minimum atomic E-state index is -0.571. The quantitative estimate of drug-likeness (QED) is 0.792. The van der Waals surface area contributed by atoms with Crippen LogP contribution >= 0.6 is 27.5 Å². The summed E-state index contributed by atoms with van der Waals surface area (Å²) in [6, 6.07) is 11.5. The zero-order chi connectivity index (χ0) is 14.7. The summed E-state index contributed by atoms with van der Waals surface area (Å²) in [5.41, 5.74) is 0.929. The Morgan fingerprint density at radius 1 is 1.30 bits per heavy atom. The molecule has 0 spiro atoms. The first kappa shape index (κ1) is 15.0. The number of hydrogen-bond acceptors (Lipinski definition) is 1. The zero-order valence-electron chi connectivity index (χ0n) is 10.7. The van der Waals surface area contributed by atoms with Gasteiger partial charge in [-0.15, -0.1) is 0 Å². The van der Waals surface area contributed by atoms with Gasteiger partial charge < -0.3 is 4.90 Å². The SMILES string of the molecule is CN(Cc1ccccc1Br)C(=O)c1cc(Cl)ccc1F. The van der Waals surface area contributed by atoms with Crippen LogP contribution in [0.2, 0.25) is 5.02 Å². The average molecular weight is 357 g/mol. The van der Waals surface area contributed by atoms with Crippen LogP contribution in [0, 0.1) is 5.82 Å². The fourth-order valence-corrected chi connectivity index (χ4v) is 2.40. The molecule has 0 atom stereocenters. The van der Waals surface area contributed by atoms with Crippen LogP contribution in [0.4, 0.5) is 4.39 Å². The van der Waals surface area contributed by atoms with Crippen LogP contribution in [0.1, 0.15) is 15.9 Å². The van der Waals surface area contributed by atoms with Gasteiger partial charge >= 0.3 is 0 Å². The molecule has 2 aromatic rings. The van der Waals surface area contributed by atoms with Crippen molar-refractivity contribution in [2.75, 3.05) is 7.05 Å². The van der Waals surface area contributed by atoms with Gasteiger partial charge in [-0.3, -0.25) is 4.79 Å². The van der Waals surface area contributed by atoms with Gasteiger partial charge in [0.1, 0.15) is 5.82 Å². The van der Waals surface area contributed by atoms with Crippen LogP contribution in [0.3, 0.4) is 0 Å². The Hall–Kier alpha value is -1.39. The van der Waals surface area contributed by atoms with Crippen LogP contribution in [-0.4, -0.2) is 17.9 Å². The van der Waals surface area contributed by atoms with Gasteiger partial charge in [0.05, 0.1) is 5.56 Å². The molecule has 2 nitrogen and oxygen atoms in total. The van der Waals surface area contributed by atoms with Gasteiger partial charge in [0.2, 0.25) is 0 Å². The monoisotopic (exact) mass is 355 g/mol. The summed E-state index contributed by atoms with van der Waals surface area (Å²) in [5.74, 6) is -0.973. The van der Waals surface area contributed by atoms with E-state index in [1.165, 1.54) is 23.1 Å². The van der Waals surface area contributed by atoms with Crippen molar-refractivity contribution in [2.24, 2.45) is 0 Å². The number of carbonyl (C=O) groups excluding carboxylic acids is 1. The van der Waals surface area contributed by atoms with Crippen LogP contribution in [0.15, 0.2) is 46.9 Å². The molecule has 0 aliphatic rings. The molecule has 104 valence electrons. The Labute approximate surface area is 130 Å². The molecule has 20 heavy (non-hydrogen) atoms. The zero-order valence-corrected chi connectivity index (χ0v) is 13.1. The maximum Gasteiger partial charge on any atom is 0.256 e. The van der Waals surface area contributed by atoms with Crippen molar-refractivity contribution in [3.05, 3.63) is 68.9 Å². The van der Waals surface area contributed by atoms with Gasteiger partial charge in [0, 0.05) is 23.1 Å². The fourth-order valence-electron chi connectivity index (χ4n) is 1.82. The molecule has 0 heterocycles. The van der Waals surface area contributed by atoms with E-state index >= 15 is 0 Å². The van der Waals surface area contributed by atoms with Crippen LogP contribution < -0.4 is 0 Å². The average Bonchev–Trinajstić information content (AvgIpc) is 2.43. The molecule has 2 rings (SSSR count). The van der Waals surface area contributed by atoms with E-state index in [1.54, 1.807) is 7.05 Å². The molecule has 1 amide bonds. The van der Waals surface area contributed by atoms with E-state index in [-0.39, 0.29) is 5.56 Å². The fraction of sp³-hybridized carbons (Fsp3) is 0.133. The molecule has 0 saturated carbocycles. The normalized spacial score (nSPS) is 10.4. The standard InChI is InChI=1S/C15H12BrClFNO/c1-19(9-10-4-2-3-5-13(10)16)15(20)12-8-11(17)6-7-14(12)18/h2-8H,9H2,1H3. The first-order chi connectivity index (χ1) is 9.49. The van der Waals surface area contributed by atoms with Crippen molar-refractivity contribution in [3.8, 4) is 0 Å². The predicted octanol–water partition coefficient (Wildman–Crippen LogP) is 4.51. The molecule has 0 N–H and O–H groups in total. The molecule has 0 aliphatic heterocycles. The Balaban J connectivity index is 2.21. The minimum Gasteiger partial charge on any atom is -0.337 e. The van der Waals surface area contributed by atoms with E-state index in [9.17, 15) is 9.18 Å². The Kier molecular flexibility index (Phi) is 4.78. The van der Waals surface area contributed by atoms with E-state index in [0.29, 0.717) is 11.6 Å². The maximum atomic E-state index is 13.7. The van der Waals surface area contributed by atoms with Crippen molar-refractivity contribution in [1.82, 2.24) is 4.90 Å². The topological polar surface area (TPSA) is 20.3 Å². The number of rotatable bonds is 3. The third kappa shape index (κ3) is 3.38. The molecule has 0 bridgehead atoms. The van der Waals surface area contributed by atoms with Crippen molar-refractivity contribution < 1.29 is 9.18 Å². The first-order valence-electron chi connectivity index (χ1n) is 5.93. The highest BCUT2D eigenvalue weighted by molar-refractivity contribution is 9.10. The van der Waals surface area contributed by atoms with E-state index in [0.717, 1.165) is 10.0 Å². The number of hydrogen-bond donors (Lipinski definition) is 0. The lowest BCUT2D eigenvalue weighted by Crippen LogP contribution is -2.27. The predicted molar refractivity (Wildman–Crippen MR) is 81.3 cm³/mol. The summed E-state index contributed by atoms with van der Waals surface area (Å²) in [6.07, 6.45) is 0. The summed E-state index contributed by atoms with van der Waals surface area (Å²) < 4.78 is 14.6. The van der Waals surface area contributed by atoms with Crippen molar-refractivity contribution >= 4 is 33.4 Å². The highest BCUT2D eigenvalue weighted by Gasteiger charge is 2.17. The van der Waals surface area contributed by atoms with Gasteiger partial charge in [-0.1, -0.05) is 45.7 Å². The van der Waals surface area contributed by atoms with Gasteiger partial charge in [-0.05, 0) is 29.8 Å². The lowest BCUT2D eigenvalue weighted by molar-refractivity contribution is 0.0780. The largest absolute Gasteiger partial charge is 0.337 e. The summed E-state index contributed by atoms with van der Waals surface area (Å²) in [5, 5.41) is 0.337. The second-order valence-electron chi connectivity index (χ2n) is 4.38. The molecule has 0 saturated heterocycles. The van der Waals surface area contributed by atoms with E-state index in [1.807, 2.05) is 24.3 Å². The van der Waals surface area contributed by atoms with Crippen molar-refractivity contribution in [3.63, 3.8) is 0 Å². The smallest absolute Gasteiger partial charge is 0.256 e. The molecular formula is C15H12BrClFNO. The van der Waals surface area contributed by atoms with Crippen molar-refractivity contribution in [1.29, 1.82) is 0 Å². The number of carbonyl (C=O) groups is 1. The lowest BCUT2D eigenvalue weighted by Gasteiger charge is -2.18. The Morgan fingerprint density at radius 3 is 2.70 bits per heavy atom. The summed E-state index contributed by atoms with van der Waals surface area (Å²) >= 11 is 9.23. The van der Waals surface area contributed by atoms with Crippen LogP contribution in [-0.2, 0) is 6.54 Å². The second kappa shape index (κ2) is 6.37. The third-order valence-corrected chi connectivity index (χ3v) is 3.88. The lowest BCUT2D eigenvalue weighted by atomic mass is 10.1. The highest BCUT2D eigenvalue weighted by Crippen LogP contribution is 2.20. The van der Waals surface area contributed by atoms with Gasteiger partial charge in [0.15, 0.2) is 0 Å². The Morgan fingerprint density at radius 2 is 2.00 bits per heavy atom. The summed E-state index contributed by atoms with van der Waals surface area (Å²) in [4.78, 5) is 13.7. The summed E-state index contributed by atoms with van der Waals surface area (Å²) in [6.45, 7) is 0.381. The first-order valence-corrected chi connectivity index (χ1v) is 7.10. The number of benzene rings is 2. The van der Waals surface area contributed by atoms with Crippen molar-refractivity contribution in [2.45, 2.75) is 6.54 Å². The van der Waals surface area contributed by atoms with Crippen LogP contribution in [0.25, 0.3) is 0 Å². The molecule has 0 unspecified atom stereocenters. The molecule has 5 heteroatoms. The second-order valence-corrected chi connectivity index (χ2v) is 5.67. The van der Waals surface area contributed by atoms with E-state index in [2.05, 4.69) is 15.9 Å². The van der Waals surface area contributed by atoms with Gasteiger partial charge in [-0.25, -0.2) is 4.39 Å². The number of nitrogens with zero attached hydrogens (tertiary/aromatic N) is 1. The molecule has 0 aliphatic carbocycles.